The predicted molar refractivity (Wildman–Crippen MR) is 105 cm³/mol. The highest BCUT2D eigenvalue weighted by molar-refractivity contribution is 6.32. The molecule has 1 aromatic heterocycles. The van der Waals surface area contributed by atoms with Gasteiger partial charge in [0.1, 0.15) is 5.56 Å². The Bertz CT molecular complexity index is 795. The first-order chi connectivity index (χ1) is 12.3. The number of hydrogen-bond acceptors (Lipinski definition) is 3. The van der Waals surface area contributed by atoms with Crippen molar-refractivity contribution in [3.63, 3.8) is 0 Å². The first-order valence-electron chi connectivity index (χ1n) is 9.33. The Labute approximate surface area is 160 Å². The van der Waals surface area contributed by atoms with Crippen molar-refractivity contribution in [2.45, 2.75) is 46.6 Å². The third kappa shape index (κ3) is 3.74. The Morgan fingerprint density at radius 3 is 2.65 bits per heavy atom. The second kappa shape index (κ2) is 7.57. The number of nitrogens with zero attached hydrogens (tertiary/aromatic N) is 2. The van der Waals surface area contributed by atoms with Gasteiger partial charge in [0.2, 0.25) is 0 Å². The van der Waals surface area contributed by atoms with Crippen LogP contribution in [-0.2, 0) is 0 Å². The molecule has 0 saturated carbocycles. The van der Waals surface area contributed by atoms with Crippen molar-refractivity contribution in [3.05, 3.63) is 43.8 Å². The zero-order valence-corrected chi connectivity index (χ0v) is 16.8. The van der Waals surface area contributed by atoms with Crippen LogP contribution in [0.3, 0.4) is 0 Å². The molecule has 0 unspecified atom stereocenters. The van der Waals surface area contributed by atoms with Gasteiger partial charge in [0.15, 0.2) is 0 Å². The van der Waals surface area contributed by atoms with Crippen molar-refractivity contribution in [2.24, 2.45) is 5.92 Å². The lowest BCUT2D eigenvalue weighted by atomic mass is 9.95. The summed E-state index contributed by atoms with van der Waals surface area (Å²) in [6.07, 6.45) is 4.50. The number of amides is 1. The zero-order valence-electron chi connectivity index (χ0n) is 16.1. The van der Waals surface area contributed by atoms with E-state index >= 15 is 0 Å². The lowest BCUT2D eigenvalue weighted by molar-refractivity contribution is 0.0738. The predicted octanol–water partition coefficient (Wildman–Crippen LogP) is 3.15. The van der Waals surface area contributed by atoms with Gasteiger partial charge in [-0.1, -0.05) is 23.3 Å². The normalized spacial score (nSPS) is 23.0. The summed E-state index contributed by atoms with van der Waals surface area (Å²) in [6, 6.07) is 0.355. The number of carbonyl (C=O) groups is 1. The molecule has 3 aliphatic heterocycles. The van der Waals surface area contributed by atoms with Crippen LogP contribution in [0.25, 0.3) is 0 Å². The summed E-state index contributed by atoms with van der Waals surface area (Å²) in [6.45, 7) is 11.1. The monoisotopic (exact) mass is 377 g/mol. The highest BCUT2D eigenvalue weighted by Crippen LogP contribution is 2.29. The van der Waals surface area contributed by atoms with Crippen LogP contribution in [-0.4, -0.2) is 52.9 Å². The summed E-state index contributed by atoms with van der Waals surface area (Å²) < 4.78 is 0. The molecule has 142 valence electrons. The van der Waals surface area contributed by atoms with Gasteiger partial charge in [-0.25, -0.2) is 0 Å². The molecule has 0 radical (unpaired) electrons. The van der Waals surface area contributed by atoms with E-state index < -0.39 is 0 Å². The van der Waals surface area contributed by atoms with E-state index in [0.29, 0.717) is 41.3 Å². The van der Waals surface area contributed by atoms with E-state index in [1.54, 1.807) is 13.8 Å². The summed E-state index contributed by atoms with van der Waals surface area (Å²) in [5, 5.41) is 0.468. The van der Waals surface area contributed by atoms with Crippen molar-refractivity contribution >= 4 is 17.5 Å². The molecule has 0 aliphatic carbocycles. The van der Waals surface area contributed by atoms with Crippen LogP contribution in [0.2, 0.25) is 5.02 Å². The number of carbonyl (C=O) groups excluding carboxylic acids is 1. The minimum Gasteiger partial charge on any atom is -0.337 e. The minimum absolute atomic E-state index is 0.188. The first kappa shape index (κ1) is 19.2. The Morgan fingerprint density at radius 1 is 1.23 bits per heavy atom. The van der Waals surface area contributed by atoms with Crippen LogP contribution < -0.4 is 5.56 Å². The van der Waals surface area contributed by atoms with Crippen molar-refractivity contribution in [2.75, 3.05) is 26.2 Å². The van der Waals surface area contributed by atoms with Gasteiger partial charge >= 0.3 is 0 Å². The molecule has 6 heteroatoms. The van der Waals surface area contributed by atoms with Crippen LogP contribution in [0, 0.1) is 19.8 Å². The smallest absolute Gasteiger partial charge is 0.261 e. The third-order valence-corrected chi connectivity index (χ3v) is 6.19. The Hall–Kier alpha value is -1.59. The maximum atomic E-state index is 13.2. The van der Waals surface area contributed by atoms with Crippen LogP contribution in [0.5, 0.6) is 0 Å². The number of halogens is 1. The number of aryl methyl sites for hydroxylation is 1. The minimum atomic E-state index is -0.340. The molecule has 1 N–H and O–H groups in total. The van der Waals surface area contributed by atoms with E-state index in [2.05, 4.69) is 29.8 Å². The summed E-state index contributed by atoms with van der Waals surface area (Å²) in [7, 11) is 0. The average Bonchev–Trinajstić information content (AvgIpc) is 2.89. The molecule has 2 atom stereocenters. The van der Waals surface area contributed by atoms with Gasteiger partial charge in [-0.2, -0.15) is 0 Å². The number of piperidine rings is 1. The highest BCUT2D eigenvalue weighted by Gasteiger charge is 2.37. The third-order valence-electron chi connectivity index (χ3n) is 5.62. The number of rotatable bonds is 3. The maximum Gasteiger partial charge on any atom is 0.261 e. The summed E-state index contributed by atoms with van der Waals surface area (Å²) in [5.74, 6) is 0.273. The number of aromatic amines is 1. The Morgan fingerprint density at radius 2 is 1.96 bits per heavy atom. The fourth-order valence-corrected chi connectivity index (χ4v) is 4.27. The Balaban J connectivity index is 1.85. The first-order valence-corrected chi connectivity index (χ1v) is 9.71. The second-order valence-corrected chi connectivity index (χ2v) is 8.31. The molecule has 0 aromatic carbocycles. The summed E-state index contributed by atoms with van der Waals surface area (Å²) in [4.78, 5) is 32.6. The number of fused-ring (bicyclic) bond motifs is 4. The lowest BCUT2D eigenvalue weighted by Crippen LogP contribution is -2.45. The fourth-order valence-electron chi connectivity index (χ4n) is 4.13. The van der Waals surface area contributed by atoms with Gasteiger partial charge in [-0.15, -0.1) is 0 Å². The van der Waals surface area contributed by atoms with Gasteiger partial charge in [-0.3, -0.25) is 14.5 Å². The molecule has 1 aromatic rings. The van der Waals surface area contributed by atoms with Crippen molar-refractivity contribution in [1.82, 2.24) is 14.8 Å². The van der Waals surface area contributed by atoms with Gasteiger partial charge in [0, 0.05) is 37.9 Å². The molecule has 3 saturated heterocycles. The molecular formula is C20H28ClN3O2. The summed E-state index contributed by atoms with van der Waals surface area (Å²) >= 11 is 6.28. The molecule has 0 spiro atoms. The van der Waals surface area contributed by atoms with Crippen LogP contribution in [0.1, 0.15) is 48.3 Å². The zero-order chi connectivity index (χ0) is 19.0. The van der Waals surface area contributed by atoms with Crippen molar-refractivity contribution < 1.29 is 4.79 Å². The van der Waals surface area contributed by atoms with Crippen LogP contribution in [0.4, 0.5) is 0 Å². The average molecular weight is 378 g/mol. The quantitative estimate of drug-likeness (QED) is 0.823. The van der Waals surface area contributed by atoms with E-state index in [1.807, 2.05) is 4.90 Å². The van der Waals surface area contributed by atoms with E-state index in [-0.39, 0.29) is 17.0 Å². The summed E-state index contributed by atoms with van der Waals surface area (Å²) in [5.41, 5.74) is 2.35. The van der Waals surface area contributed by atoms with Gasteiger partial charge in [-0.05, 0) is 52.0 Å². The standard InChI is InChI=1S/C20H28ClN3O2/c1-12(2)7-8-23-9-15-5-6-16(23)11-24(10-15)20(26)17-13(3)18(21)14(4)22-19(17)25/h7,15-16H,5-6,8-11H2,1-4H3,(H,22,25)/t15-,16-/m0/s1. The molecule has 2 bridgehead atoms. The van der Waals surface area contributed by atoms with Crippen molar-refractivity contribution in [1.29, 1.82) is 0 Å². The second-order valence-electron chi connectivity index (χ2n) is 7.94. The molecule has 1 amide bonds. The molecule has 3 fully saturated rings. The lowest BCUT2D eigenvalue weighted by Gasteiger charge is -2.35. The maximum absolute atomic E-state index is 13.2. The van der Waals surface area contributed by atoms with Crippen molar-refractivity contribution in [3.8, 4) is 0 Å². The number of hydrogen-bond donors (Lipinski definition) is 1. The molecule has 4 rings (SSSR count). The largest absolute Gasteiger partial charge is 0.337 e. The van der Waals surface area contributed by atoms with E-state index in [4.69, 9.17) is 11.6 Å². The Kier molecular flexibility index (Phi) is 5.58. The van der Waals surface area contributed by atoms with Gasteiger partial charge in [0.25, 0.3) is 11.5 Å². The SMILES string of the molecule is CC(C)=CCN1C[C@@H]2CC[C@H]1CN(C(=O)c1c(C)c(Cl)c(C)[nH]c1=O)C2. The van der Waals surface area contributed by atoms with E-state index in [0.717, 1.165) is 25.9 Å². The molecular weight excluding hydrogens is 350 g/mol. The number of pyridine rings is 1. The molecule has 5 nitrogen and oxygen atoms in total. The van der Waals surface area contributed by atoms with Crippen LogP contribution >= 0.6 is 11.6 Å². The topological polar surface area (TPSA) is 56.4 Å². The molecule has 3 aliphatic rings. The van der Waals surface area contributed by atoms with E-state index in [1.165, 1.54) is 5.57 Å². The number of allylic oxidation sites excluding steroid dienone is 1. The van der Waals surface area contributed by atoms with Gasteiger partial charge in [0.05, 0.1) is 5.02 Å². The molecule has 4 heterocycles. The van der Waals surface area contributed by atoms with Gasteiger partial charge < -0.3 is 9.88 Å². The van der Waals surface area contributed by atoms with E-state index in [9.17, 15) is 9.59 Å². The number of H-pyrrole nitrogens is 1. The number of aromatic nitrogens is 1. The molecule has 26 heavy (non-hydrogen) atoms. The van der Waals surface area contributed by atoms with Crippen LogP contribution in [0.15, 0.2) is 16.4 Å². The fraction of sp³-hybridized carbons (Fsp3) is 0.600. The highest BCUT2D eigenvalue weighted by atomic mass is 35.5. The number of nitrogens with one attached hydrogen (secondary N) is 1.